The molecule has 0 bridgehead atoms. The van der Waals surface area contributed by atoms with Crippen molar-refractivity contribution in [1.29, 1.82) is 0 Å². The summed E-state index contributed by atoms with van der Waals surface area (Å²) in [4.78, 5) is 17.1. The van der Waals surface area contributed by atoms with E-state index in [0.717, 1.165) is 16.8 Å². The number of hydrogen-bond donors (Lipinski definition) is 2. The lowest BCUT2D eigenvalue weighted by Gasteiger charge is -2.06. The quantitative estimate of drug-likeness (QED) is 0.726. The normalized spacial score (nSPS) is 17.2. The largest absolute Gasteiger partial charge is 0.503 e. The van der Waals surface area contributed by atoms with Gasteiger partial charge in [0.25, 0.3) is 5.91 Å². The Labute approximate surface area is 157 Å². The van der Waals surface area contributed by atoms with Crippen LogP contribution in [-0.2, 0) is 4.79 Å². The Morgan fingerprint density at radius 2 is 2.00 bits per heavy atom. The van der Waals surface area contributed by atoms with E-state index in [1.54, 1.807) is 18.2 Å². The van der Waals surface area contributed by atoms with Crippen LogP contribution in [0.15, 0.2) is 50.8 Å². The number of aromatic hydroxyl groups is 1. The molecule has 0 saturated carbocycles. The highest BCUT2D eigenvalue weighted by atomic mass is 79.9. The average Bonchev–Trinajstić information content (AvgIpc) is 2.92. The second-order valence-corrected chi connectivity index (χ2v) is 7.26. The SMILES string of the molecule is COc1cc(/C=C2\SC(=Nc3ccc(C)cc3)NC2=O)cc(Br)c1O. The summed E-state index contributed by atoms with van der Waals surface area (Å²) in [5, 5.41) is 13.2. The molecule has 2 aromatic rings. The second kappa shape index (κ2) is 7.33. The molecule has 1 fully saturated rings. The van der Waals surface area contributed by atoms with Crippen molar-refractivity contribution in [2.45, 2.75) is 6.92 Å². The number of halogens is 1. The molecule has 1 heterocycles. The van der Waals surface area contributed by atoms with Gasteiger partial charge in [-0.3, -0.25) is 4.79 Å². The molecule has 3 rings (SSSR count). The highest BCUT2D eigenvalue weighted by Gasteiger charge is 2.24. The maximum absolute atomic E-state index is 12.2. The first-order chi connectivity index (χ1) is 12.0. The van der Waals surface area contributed by atoms with Crippen molar-refractivity contribution in [3.8, 4) is 11.5 Å². The summed E-state index contributed by atoms with van der Waals surface area (Å²) in [6, 6.07) is 11.1. The van der Waals surface area contributed by atoms with E-state index < -0.39 is 0 Å². The molecule has 128 valence electrons. The molecule has 2 N–H and O–H groups in total. The van der Waals surface area contributed by atoms with Crippen LogP contribution in [0.1, 0.15) is 11.1 Å². The molecule has 1 aliphatic heterocycles. The van der Waals surface area contributed by atoms with Gasteiger partial charge in [-0.25, -0.2) is 4.99 Å². The van der Waals surface area contributed by atoms with Crippen molar-refractivity contribution in [2.75, 3.05) is 7.11 Å². The van der Waals surface area contributed by atoms with Gasteiger partial charge in [-0.1, -0.05) is 17.7 Å². The smallest absolute Gasteiger partial charge is 0.264 e. The lowest BCUT2D eigenvalue weighted by atomic mass is 10.2. The number of benzene rings is 2. The monoisotopic (exact) mass is 418 g/mol. The molecule has 0 aliphatic carbocycles. The molecule has 0 atom stereocenters. The van der Waals surface area contributed by atoms with Gasteiger partial charge < -0.3 is 15.2 Å². The molecule has 2 aromatic carbocycles. The molecular weight excluding hydrogens is 404 g/mol. The van der Waals surface area contributed by atoms with E-state index in [9.17, 15) is 9.90 Å². The summed E-state index contributed by atoms with van der Waals surface area (Å²) in [5.41, 5.74) is 2.67. The number of aryl methyl sites for hydroxylation is 1. The number of amides is 1. The average molecular weight is 419 g/mol. The van der Waals surface area contributed by atoms with E-state index in [-0.39, 0.29) is 11.7 Å². The summed E-state index contributed by atoms with van der Waals surface area (Å²) in [6.45, 7) is 2.01. The van der Waals surface area contributed by atoms with Gasteiger partial charge in [-0.15, -0.1) is 0 Å². The first kappa shape index (κ1) is 17.6. The minimum absolute atomic E-state index is 0.0230. The van der Waals surface area contributed by atoms with E-state index in [1.807, 2.05) is 31.2 Å². The molecule has 0 aromatic heterocycles. The van der Waals surface area contributed by atoms with Crippen LogP contribution in [0.4, 0.5) is 5.69 Å². The molecular formula is C18H15BrN2O3S. The molecule has 25 heavy (non-hydrogen) atoms. The molecule has 1 saturated heterocycles. The number of carbonyl (C=O) groups excluding carboxylic acids is 1. The number of amidine groups is 1. The third-order valence-electron chi connectivity index (χ3n) is 3.48. The molecule has 1 amide bonds. The number of nitrogens with one attached hydrogen (secondary N) is 1. The number of hydrogen-bond acceptors (Lipinski definition) is 5. The third kappa shape index (κ3) is 4.05. The number of phenols is 1. The number of rotatable bonds is 3. The topological polar surface area (TPSA) is 70.9 Å². The van der Waals surface area contributed by atoms with Crippen LogP contribution in [0.2, 0.25) is 0 Å². The van der Waals surface area contributed by atoms with E-state index in [4.69, 9.17) is 4.74 Å². The Balaban J connectivity index is 1.86. The zero-order valence-corrected chi connectivity index (χ0v) is 15.9. The Morgan fingerprint density at radius 3 is 2.68 bits per heavy atom. The predicted molar refractivity (Wildman–Crippen MR) is 104 cm³/mol. The minimum Gasteiger partial charge on any atom is -0.503 e. The fourth-order valence-electron chi connectivity index (χ4n) is 2.20. The van der Waals surface area contributed by atoms with Gasteiger partial charge in [0.1, 0.15) is 0 Å². The predicted octanol–water partition coefficient (Wildman–Crippen LogP) is 4.36. The summed E-state index contributed by atoms with van der Waals surface area (Å²) in [6.07, 6.45) is 1.73. The fourth-order valence-corrected chi connectivity index (χ4v) is 3.50. The van der Waals surface area contributed by atoms with E-state index in [0.29, 0.717) is 20.3 Å². The van der Waals surface area contributed by atoms with Crippen molar-refractivity contribution in [1.82, 2.24) is 5.32 Å². The number of aliphatic imine (C=N–C) groups is 1. The van der Waals surface area contributed by atoms with Crippen LogP contribution in [0.3, 0.4) is 0 Å². The maximum Gasteiger partial charge on any atom is 0.264 e. The van der Waals surface area contributed by atoms with Gasteiger partial charge in [0.15, 0.2) is 16.7 Å². The van der Waals surface area contributed by atoms with Crippen molar-refractivity contribution in [3.63, 3.8) is 0 Å². The van der Waals surface area contributed by atoms with Gasteiger partial charge in [0.2, 0.25) is 0 Å². The lowest BCUT2D eigenvalue weighted by molar-refractivity contribution is -0.115. The highest BCUT2D eigenvalue weighted by Crippen LogP contribution is 2.37. The number of thioether (sulfide) groups is 1. The fraction of sp³-hybridized carbons (Fsp3) is 0.111. The Morgan fingerprint density at radius 1 is 1.28 bits per heavy atom. The number of nitrogens with zero attached hydrogens (tertiary/aromatic N) is 1. The Bertz CT molecular complexity index is 892. The van der Waals surface area contributed by atoms with Crippen LogP contribution >= 0.6 is 27.7 Å². The van der Waals surface area contributed by atoms with Gasteiger partial charge in [0.05, 0.1) is 22.2 Å². The van der Waals surface area contributed by atoms with E-state index in [2.05, 4.69) is 26.2 Å². The minimum atomic E-state index is -0.209. The van der Waals surface area contributed by atoms with E-state index in [1.165, 1.54) is 18.9 Å². The zero-order valence-electron chi connectivity index (χ0n) is 13.5. The lowest BCUT2D eigenvalue weighted by Crippen LogP contribution is -2.19. The summed E-state index contributed by atoms with van der Waals surface area (Å²) in [7, 11) is 1.47. The van der Waals surface area contributed by atoms with Crippen LogP contribution < -0.4 is 10.1 Å². The highest BCUT2D eigenvalue weighted by molar-refractivity contribution is 9.10. The standard InChI is InChI=1S/C18H15BrN2O3S/c1-10-3-5-12(6-4-10)20-18-21-17(23)15(25-18)9-11-7-13(19)16(22)14(8-11)24-2/h3-9,22H,1-2H3,(H,20,21,23)/b15-9-. The number of carbonyl (C=O) groups is 1. The van der Waals surface area contributed by atoms with E-state index >= 15 is 0 Å². The molecule has 7 heteroatoms. The molecule has 0 spiro atoms. The van der Waals surface area contributed by atoms with Crippen LogP contribution in [-0.4, -0.2) is 23.3 Å². The van der Waals surface area contributed by atoms with Gasteiger partial charge >= 0.3 is 0 Å². The van der Waals surface area contributed by atoms with Gasteiger partial charge in [0, 0.05) is 0 Å². The summed E-state index contributed by atoms with van der Waals surface area (Å²) >= 11 is 4.54. The van der Waals surface area contributed by atoms with Gasteiger partial charge in [-0.05, 0) is 70.5 Å². The number of ether oxygens (including phenoxy) is 1. The van der Waals surface area contributed by atoms with Crippen molar-refractivity contribution in [2.24, 2.45) is 4.99 Å². The molecule has 0 unspecified atom stereocenters. The van der Waals surface area contributed by atoms with Crippen molar-refractivity contribution < 1.29 is 14.6 Å². The summed E-state index contributed by atoms with van der Waals surface area (Å²) < 4.78 is 5.62. The van der Waals surface area contributed by atoms with Crippen LogP contribution in [0.25, 0.3) is 6.08 Å². The number of phenolic OH excluding ortho intramolecular Hbond substituents is 1. The van der Waals surface area contributed by atoms with Crippen molar-refractivity contribution >= 4 is 50.5 Å². The van der Waals surface area contributed by atoms with Crippen molar-refractivity contribution in [3.05, 3.63) is 56.9 Å². The Kier molecular flexibility index (Phi) is 5.15. The molecule has 1 aliphatic rings. The molecule has 5 nitrogen and oxygen atoms in total. The number of methoxy groups -OCH3 is 1. The van der Waals surface area contributed by atoms with Gasteiger partial charge in [-0.2, -0.15) is 0 Å². The second-order valence-electron chi connectivity index (χ2n) is 5.37. The first-order valence-corrected chi connectivity index (χ1v) is 9.00. The first-order valence-electron chi connectivity index (χ1n) is 7.39. The molecule has 0 radical (unpaired) electrons. The van der Waals surface area contributed by atoms with Crippen LogP contribution in [0, 0.1) is 6.92 Å². The summed E-state index contributed by atoms with van der Waals surface area (Å²) in [5.74, 6) is 0.145. The Hall–Kier alpha value is -2.25. The zero-order chi connectivity index (χ0) is 18.0. The van der Waals surface area contributed by atoms with Crippen LogP contribution in [0.5, 0.6) is 11.5 Å². The maximum atomic E-state index is 12.2. The third-order valence-corrected chi connectivity index (χ3v) is 5.00.